The zero-order chi connectivity index (χ0) is 25.0. The molecule has 3 N–H and O–H groups in total. The molecule has 3 rings (SSSR count). The fraction of sp³-hybridized carbons (Fsp3) is 0.0952. The number of carbonyl (C=O) groups is 2. The number of aromatic nitrogens is 1. The second-order valence-corrected chi connectivity index (χ2v) is 7.96. The van der Waals surface area contributed by atoms with E-state index in [1.54, 1.807) is 0 Å². The minimum Gasteiger partial charge on any atom is -0.588 e. The van der Waals surface area contributed by atoms with E-state index >= 15 is 0 Å². The van der Waals surface area contributed by atoms with Crippen molar-refractivity contribution in [3.63, 3.8) is 0 Å². The number of pyridine rings is 1. The minimum atomic E-state index is -4.58. The van der Waals surface area contributed by atoms with Crippen molar-refractivity contribution in [3.8, 4) is 0 Å². The molecule has 3 aromatic rings. The Labute approximate surface area is 192 Å². The summed E-state index contributed by atoms with van der Waals surface area (Å²) < 4.78 is 81.7. The van der Waals surface area contributed by atoms with E-state index in [-0.39, 0.29) is 22.3 Å². The van der Waals surface area contributed by atoms with Gasteiger partial charge in [0.25, 0.3) is 5.91 Å². The lowest BCUT2D eigenvalue weighted by atomic mass is 10.1. The number of amides is 2. The Morgan fingerprint density at radius 2 is 1.65 bits per heavy atom. The molecule has 1 aromatic heterocycles. The van der Waals surface area contributed by atoms with E-state index in [4.69, 9.17) is 0 Å². The van der Waals surface area contributed by atoms with E-state index in [0.29, 0.717) is 12.1 Å². The smallest absolute Gasteiger partial charge is 0.416 e. The number of halogens is 5. The van der Waals surface area contributed by atoms with Crippen molar-refractivity contribution in [3.05, 3.63) is 77.5 Å². The monoisotopic (exact) mass is 498 g/mol. The fourth-order valence-electron chi connectivity index (χ4n) is 2.68. The summed E-state index contributed by atoms with van der Waals surface area (Å²) >= 11 is -2.21. The highest BCUT2D eigenvalue weighted by molar-refractivity contribution is 7.92. The average molecular weight is 498 g/mol. The van der Waals surface area contributed by atoms with Crippen LogP contribution in [-0.2, 0) is 22.3 Å². The van der Waals surface area contributed by atoms with Crippen LogP contribution in [0.15, 0.2) is 59.6 Å². The summed E-state index contributed by atoms with van der Waals surface area (Å²) in [5.41, 5.74) is -2.38. The van der Waals surface area contributed by atoms with Gasteiger partial charge in [-0.25, -0.2) is 18.5 Å². The van der Waals surface area contributed by atoms with Gasteiger partial charge in [0.15, 0.2) is 10.7 Å². The number of anilines is 3. The Morgan fingerprint density at radius 1 is 0.971 bits per heavy atom. The van der Waals surface area contributed by atoms with Crippen molar-refractivity contribution in [2.24, 2.45) is 0 Å². The number of nitrogens with zero attached hydrogens (tertiary/aromatic N) is 1. The molecule has 0 aliphatic rings. The van der Waals surface area contributed by atoms with Crippen LogP contribution in [0.5, 0.6) is 0 Å². The molecule has 2 aromatic carbocycles. The second kappa shape index (κ2) is 10.1. The van der Waals surface area contributed by atoms with Gasteiger partial charge in [0.2, 0.25) is 5.91 Å². The minimum absolute atomic E-state index is 0.0737. The van der Waals surface area contributed by atoms with Gasteiger partial charge in [0.1, 0.15) is 34.2 Å². The zero-order valence-electron chi connectivity index (χ0n) is 17.2. The molecule has 0 aliphatic carbocycles. The molecule has 1 unspecified atom stereocenters. The summed E-state index contributed by atoms with van der Waals surface area (Å²) in [5, 5.41) is 4.66. The quantitative estimate of drug-likeness (QED) is 0.337. The van der Waals surface area contributed by atoms with E-state index < -0.39 is 51.9 Å². The molecule has 0 aliphatic heterocycles. The van der Waals surface area contributed by atoms with Crippen molar-refractivity contribution in [1.29, 1.82) is 0 Å². The topological polar surface area (TPSA) is 106 Å². The van der Waals surface area contributed by atoms with Crippen LogP contribution in [0.4, 0.5) is 39.1 Å². The number of alkyl halides is 3. The first-order chi connectivity index (χ1) is 16.0. The van der Waals surface area contributed by atoms with E-state index in [1.807, 2.05) is 0 Å². The van der Waals surface area contributed by atoms with Crippen molar-refractivity contribution in [2.75, 3.05) is 15.4 Å². The molecule has 1 heterocycles. The summed E-state index contributed by atoms with van der Waals surface area (Å²) in [7, 11) is 0. The van der Waals surface area contributed by atoms with Crippen LogP contribution in [0.3, 0.4) is 0 Å². The van der Waals surface area contributed by atoms with Gasteiger partial charge in [-0.1, -0.05) is 0 Å². The van der Waals surface area contributed by atoms with Gasteiger partial charge in [0.05, 0.1) is 17.4 Å². The van der Waals surface area contributed by atoms with Crippen molar-refractivity contribution >= 4 is 40.4 Å². The van der Waals surface area contributed by atoms with Gasteiger partial charge in [-0.05, 0) is 48.5 Å². The lowest BCUT2D eigenvalue weighted by Crippen LogP contribution is -2.19. The van der Waals surface area contributed by atoms with E-state index in [0.717, 1.165) is 30.5 Å². The first-order valence-electron chi connectivity index (χ1n) is 9.34. The predicted octanol–water partition coefficient (Wildman–Crippen LogP) is 4.72. The standard InChI is InChI=1S/C21H15F5N4O3S/c1-11(31)28-17-9-4-13(10-27-17)29-20(32)18-15(22)7-8-16(19(18)23)30-34(33)14-5-2-12(3-6-14)21(24,25)26/h2-10,30H,1H3,(H,29,32)(H,27,28,31). The highest BCUT2D eigenvalue weighted by Gasteiger charge is 2.31. The van der Waals surface area contributed by atoms with Gasteiger partial charge < -0.3 is 15.2 Å². The van der Waals surface area contributed by atoms with Gasteiger partial charge in [0, 0.05) is 6.92 Å². The summed E-state index contributed by atoms with van der Waals surface area (Å²) in [5.74, 6) is -3.91. The van der Waals surface area contributed by atoms with Crippen LogP contribution < -0.4 is 15.4 Å². The highest BCUT2D eigenvalue weighted by atomic mass is 32.2. The second-order valence-electron chi connectivity index (χ2n) is 6.74. The van der Waals surface area contributed by atoms with Gasteiger partial charge >= 0.3 is 6.18 Å². The summed E-state index contributed by atoms with van der Waals surface area (Å²) in [6, 6.07) is 7.66. The van der Waals surface area contributed by atoms with Crippen molar-refractivity contribution < 1.29 is 36.1 Å². The maximum absolute atomic E-state index is 14.9. The lowest BCUT2D eigenvalue weighted by molar-refractivity contribution is -0.137. The number of carbonyl (C=O) groups excluding carboxylic acids is 2. The Morgan fingerprint density at radius 3 is 2.21 bits per heavy atom. The number of hydrogen-bond donors (Lipinski definition) is 3. The van der Waals surface area contributed by atoms with E-state index in [2.05, 4.69) is 20.3 Å². The van der Waals surface area contributed by atoms with Crippen LogP contribution in [0.1, 0.15) is 22.8 Å². The van der Waals surface area contributed by atoms with Crippen molar-refractivity contribution in [1.82, 2.24) is 4.98 Å². The molecule has 2 amide bonds. The van der Waals surface area contributed by atoms with E-state index in [9.17, 15) is 36.1 Å². The first-order valence-corrected chi connectivity index (χ1v) is 10.5. The number of benzene rings is 2. The average Bonchev–Trinajstić information content (AvgIpc) is 2.76. The third-order valence-electron chi connectivity index (χ3n) is 4.24. The first kappa shape index (κ1) is 24.9. The van der Waals surface area contributed by atoms with Crippen LogP contribution in [0.2, 0.25) is 0 Å². The molecule has 0 saturated carbocycles. The Hall–Kier alpha value is -3.71. The van der Waals surface area contributed by atoms with Crippen molar-refractivity contribution in [2.45, 2.75) is 18.0 Å². The number of hydrogen-bond acceptors (Lipinski definition) is 5. The molecule has 34 heavy (non-hydrogen) atoms. The molecule has 0 spiro atoms. The SMILES string of the molecule is CC(=O)Nc1ccc(NC(=O)c2c(F)ccc(N[S+]([O-])c3ccc(C(F)(F)F)cc3)c2F)cn1. The maximum Gasteiger partial charge on any atom is 0.416 e. The maximum atomic E-state index is 14.9. The largest absolute Gasteiger partial charge is 0.588 e. The Kier molecular flexibility index (Phi) is 7.37. The van der Waals surface area contributed by atoms with Crippen LogP contribution in [0, 0.1) is 11.6 Å². The van der Waals surface area contributed by atoms with Crippen LogP contribution in [0.25, 0.3) is 0 Å². The van der Waals surface area contributed by atoms with Gasteiger partial charge in [-0.2, -0.15) is 13.2 Å². The predicted molar refractivity (Wildman–Crippen MR) is 114 cm³/mol. The highest BCUT2D eigenvalue weighted by Crippen LogP contribution is 2.30. The third kappa shape index (κ3) is 5.99. The molecule has 0 fully saturated rings. The lowest BCUT2D eigenvalue weighted by Gasteiger charge is -2.15. The molecule has 7 nitrogen and oxygen atoms in total. The molecule has 0 bridgehead atoms. The van der Waals surface area contributed by atoms with E-state index in [1.165, 1.54) is 19.1 Å². The van der Waals surface area contributed by atoms with Gasteiger partial charge in [-0.15, -0.1) is 0 Å². The molecular weight excluding hydrogens is 483 g/mol. The molecule has 13 heteroatoms. The Balaban J connectivity index is 1.77. The number of rotatable bonds is 6. The fourth-order valence-corrected chi connectivity index (χ4v) is 3.54. The molecule has 0 radical (unpaired) electrons. The number of nitrogens with one attached hydrogen (secondary N) is 3. The molecule has 178 valence electrons. The Bertz CT molecular complexity index is 1200. The molecule has 1 atom stereocenters. The molecule has 0 saturated heterocycles. The molecular formula is C21H15F5N4O3S. The third-order valence-corrected chi connectivity index (χ3v) is 5.35. The van der Waals surface area contributed by atoms with Crippen LogP contribution in [-0.4, -0.2) is 21.4 Å². The zero-order valence-corrected chi connectivity index (χ0v) is 18.0. The summed E-state index contributed by atoms with van der Waals surface area (Å²) in [6.07, 6.45) is -3.43. The van der Waals surface area contributed by atoms with Gasteiger partial charge in [-0.3, -0.25) is 9.59 Å². The summed E-state index contributed by atoms with van der Waals surface area (Å²) in [4.78, 5) is 27.2. The summed E-state index contributed by atoms with van der Waals surface area (Å²) in [6.45, 7) is 1.27. The van der Waals surface area contributed by atoms with Crippen LogP contribution >= 0.6 is 0 Å². The normalized spacial score (nSPS) is 12.1.